The van der Waals surface area contributed by atoms with Gasteiger partial charge in [0.2, 0.25) is 0 Å². The lowest BCUT2D eigenvalue weighted by molar-refractivity contribution is -0.0326. The third-order valence-corrected chi connectivity index (χ3v) is 5.99. The summed E-state index contributed by atoms with van der Waals surface area (Å²) in [4.78, 5) is 0. The van der Waals surface area contributed by atoms with Crippen LogP contribution in [0.2, 0.25) is 0 Å². The summed E-state index contributed by atoms with van der Waals surface area (Å²) < 4.78 is 0. The van der Waals surface area contributed by atoms with Crippen LogP contribution in [0.3, 0.4) is 0 Å². The average molecular weight is 241 g/mol. The highest BCUT2D eigenvalue weighted by molar-refractivity contribution is 5.30. The van der Waals surface area contributed by atoms with E-state index in [-0.39, 0.29) is 0 Å². The monoisotopic (exact) mass is 241 g/mol. The molecule has 96 valence electrons. The Morgan fingerprint density at radius 3 is 2.28 bits per heavy atom. The molecule has 1 aromatic rings. The summed E-state index contributed by atoms with van der Waals surface area (Å²) in [6.07, 6.45) is 7.28. The van der Waals surface area contributed by atoms with E-state index < -0.39 is 0 Å². The largest absolute Gasteiger partial charge is 0.316 e. The summed E-state index contributed by atoms with van der Waals surface area (Å²) in [6.45, 7) is 0. The highest BCUT2D eigenvalue weighted by Crippen LogP contribution is 2.60. The van der Waals surface area contributed by atoms with Crippen molar-refractivity contribution in [1.29, 1.82) is 0 Å². The van der Waals surface area contributed by atoms with Gasteiger partial charge in [-0.2, -0.15) is 0 Å². The van der Waals surface area contributed by atoms with Gasteiger partial charge in [-0.1, -0.05) is 30.3 Å². The lowest BCUT2D eigenvalue weighted by Crippen LogP contribution is -2.59. The Kier molecular flexibility index (Phi) is 2.35. The smallest absolute Gasteiger partial charge is 0.0121 e. The summed E-state index contributed by atoms with van der Waals surface area (Å²) in [7, 11) is 2.17. The van der Waals surface area contributed by atoms with Crippen molar-refractivity contribution < 1.29 is 0 Å². The number of rotatable bonds is 2. The Labute approximate surface area is 110 Å². The number of hydrogen-bond donors (Lipinski definition) is 1. The van der Waals surface area contributed by atoms with Gasteiger partial charge in [0.1, 0.15) is 0 Å². The molecule has 0 radical (unpaired) electrons. The van der Waals surface area contributed by atoms with Crippen molar-refractivity contribution in [2.24, 2.45) is 17.8 Å². The normalized spacial score (nSPS) is 45.4. The predicted molar refractivity (Wildman–Crippen MR) is 74.5 cm³/mol. The molecule has 0 amide bonds. The molecule has 0 heterocycles. The van der Waals surface area contributed by atoms with Crippen molar-refractivity contribution in [3.8, 4) is 0 Å². The van der Waals surface area contributed by atoms with Crippen LogP contribution in [0, 0.1) is 17.8 Å². The van der Waals surface area contributed by atoms with Crippen molar-refractivity contribution in [3.63, 3.8) is 0 Å². The van der Waals surface area contributed by atoms with Crippen LogP contribution >= 0.6 is 0 Å². The van der Waals surface area contributed by atoms with E-state index in [1.54, 1.807) is 5.56 Å². The van der Waals surface area contributed by atoms with E-state index >= 15 is 0 Å². The van der Waals surface area contributed by atoms with Crippen LogP contribution in [0.25, 0.3) is 0 Å². The molecule has 18 heavy (non-hydrogen) atoms. The van der Waals surface area contributed by atoms with E-state index in [0.29, 0.717) is 5.41 Å². The fraction of sp³-hybridized carbons (Fsp3) is 0.647. The van der Waals surface area contributed by atoms with Crippen molar-refractivity contribution in [3.05, 3.63) is 35.9 Å². The number of benzene rings is 1. The first-order chi connectivity index (χ1) is 8.81. The van der Waals surface area contributed by atoms with Crippen molar-refractivity contribution in [2.75, 3.05) is 7.05 Å². The minimum absolute atomic E-state index is 0.533. The molecule has 4 aliphatic rings. The molecule has 4 saturated carbocycles. The van der Waals surface area contributed by atoms with Gasteiger partial charge in [0.05, 0.1) is 0 Å². The molecule has 2 atom stereocenters. The van der Waals surface area contributed by atoms with Crippen LogP contribution in [0.4, 0.5) is 0 Å². The molecule has 1 nitrogen and oxygen atoms in total. The van der Waals surface area contributed by atoms with Gasteiger partial charge in [0.15, 0.2) is 0 Å². The molecule has 1 N–H and O–H groups in total. The molecule has 1 heteroatoms. The van der Waals surface area contributed by atoms with Crippen molar-refractivity contribution in [2.45, 2.75) is 43.6 Å². The molecule has 2 unspecified atom stereocenters. The lowest BCUT2D eigenvalue weighted by Gasteiger charge is -2.60. The van der Waals surface area contributed by atoms with Crippen molar-refractivity contribution in [1.82, 2.24) is 5.32 Å². The maximum absolute atomic E-state index is 3.62. The SMILES string of the molecule is CNC1C2CC3CC1CC(c1ccccc1)(C3)C2. The topological polar surface area (TPSA) is 12.0 Å². The second-order valence-corrected chi connectivity index (χ2v) is 6.93. The minimum Gasteiger partial charge on any atom is -0.316 e. The van der Waals surface area contributed by atoms with Gasteiger partial charge in [0, 0.05) is 6.04 Å². The van der Waals surface area contributed by atoms with Crippen LogP contribution in [0.15, 0.2) is 30.3 Å². The average Bonchev–Trinajstić information content (AvgIpc) is 2.39. The van der Waals surface area contributed by atoms with E-state index in [2.05, 4.69) is 42.7 Å². The predicted octanol–water partition coefficient (Wildman–Crippen LogP) is 3.35. The molecular formula is C17H23N. The first kappa shape index (κ1) is 11.0. The summed E-state index contributed by atoms with van der Waals surface area (Å²) in [5, 5.41) is 3.62. The third-order valence-electron chi connectivity index (χ3n) is 5.99. The molecule has 1 aromatic carbocycles. The van der Waals surface area contributed by atoms with Crippen LogP contribution < -0.4 is 5.32 Å². The van der Waals surface area contributed by atoms with Gasteiger partial charge in [0.25, 0.3) is 0 Å². The van der Waals surface area contributed by atoms with Crippen molar-refractivity contribution >= 4 is 0 Å². The Morgan fingerprint density at radius 2 is 1.67 bits per heavy atom. The second-order valence-electron chi connectivity index (χ2n) is 6.93. The van der Waals surface area contributed by atoms with E-state index in [1.807, 2.05) is 0 Å². The quantitative estimate of drug-likeness (QED) is 0.837. The highest BCUT2D eigenvalue weighted by Gasteiger charge is 2.55. The molecule has 5 rings (SSSR count). The maximum Gasteiger partial charge on any atom is 0.0121 e. The van der Waals surface area contributed by atoms with Gasteiger partial charge < -0.3 is 5.32 Å². The van der Waals surface area contributed by atoms with Gasteiger partial charge in [-0.15, -0.1) is 0 Å². The van der Waals surface area contributed by atoms with Crippen LogP contribution in [-0.2, 0) is 5.41 Å². The van der Waals surface area contributed by atoms with Gasteiger partial charge in [-0.05, 0) is 67.9 Å². The zero-order valence-corrected chi connectivity index (χ0v) is 11.2. The highest BCUT2D eigenvalue weighted by atomic mass is 14.9. The molecule has 4 aliphatic carbocycles. The summed E-state index contributed by atoms with van der Waals surface area (Å²) in [6, 6.07) is 12.2. The first-order valence-electron chi connectivity index (χ1n) is 7.53. The summed E-state index contributed by atoms with van der Waals surface area (Å²) in [5.74, 6) is 2.87. The van der Waals surface area contributed by atoms with Gasteiger partial charge >= 0.3 is 0 Å². The molecular weight excluding hydrogens is 218 g/mol. The number of nitrogens with one attached hydrogen (secondary N) is 1. The van der Waals surface area contributed by atoms with Crippen LogP contribution in [0.1, 0.15) is 37.7 Å². The van der Waals surface area contributed by atoms with Gasteiger partial charge in [-0.3, -0.25) is 0 Å². The molecule has 0 aliphatic heterocycles. The zero-order chi connectivity index (χ0) is 12.2. The Balaban J connectivity index is 1.73. The molecule has 0 spiro atoms. The van der Waals surface area contributed by atoms with E-state index in [4.69, 9.17) is 0 Å². The second kappa shape index (κ2) is 3.84. The van der Waals surface area contributed by atoms with Crippen LogP contribution in [0.5, 0.6) is 0 Å². The lowest BCUT2D eigenvalue weighted by atomic mass is 9.46. The Morgan fingerprint density at radius 1 is 1.00 bits per heavy atom. The summed E-state index contributed by atoms with van der Waals surface area (Å²) in [5.41, 5.74) is 2.16. The first-order valence-corrected chi connectivity index (χ1v) is 7.53. The maximum atomic E-state index is 3.62. The zero-order valence-electron chi connectivity index (χ0n) is 11.2. The Bertz CT molecular complexity index is 422. The standard InChI is InChI=1S/C17H23N/c1-18-16-13-7-12-8-14(16)11-17(9-12,10-13)15-5-3-2-4-6-15/h2-6,12-14,16,18H,7-11H2,1H3. The Hall–Kier alpha value is -0.820. The van der Waals surface area contributed by atoms with E-state index in [0.717, 1.165) is 23.8 Å². The molecule has 0 aromatic heterocycles. The van der Waals surface area contributed by atoms with E-state index in [9.17, 15) is 0 Å². The van der Waals surface area contributed by atoms with Gasteiger partial charge in [-0.25, -0.2) is 0 Å². The third kappa shape index (κ3) is 1.43. The fourth-order valence-electron chi connectivity index (χ4n) is 5.64. The number of hydrogen-bond acceptors (Lipinski definition) is 1. The minimum atomic E-state index is 0.533. The van der Waals surface area contributed by atoms with E-state index in [1.165, 1.54) is 32.1 Å². The fourth-order valence-corrected chi connectivity index (χ4v) is 5.64. The summed E-state index contributed by atoms with van der Waals surface area (Å²) >= 11 is 0. The van der Waals surface area contributed by atoms with Crippen LogP contribution in [-0.4, -0.2) is 13.1 Å². The molecule has 4 fully saturated rings. The molecule has 4 bridgehead atoms. The molecule has 0 saturated heterocycles.